The van der Waals surface area contributed by atoms with E-state index in [1.807, 2.05) is 6.20 Å². The predicted molar refractivity (Wildman–Crippen MR) is 95.1 cm³/mol. The van der Waals surface area contributed by atoms with Crippen molar-refractivity contribution in [2.45, 2.75) is 19.5 Å². The maximum atomic E-state index is 6.23. The summed E-state index contributed by atoms with van der Waals surface area (Å²) in [7, 11) is 0. The summed E-state index contributed by atoms with van der Waals surface area (Å²) in [5, 5.41) is 1.18. The summed E-state index contributed by atoms with van der Waals surface area (Å²) in [4.78, 5) is 23.5. The molecule has 8 heteroatoms. The molecule has 1 aliphatic rings. The van der Waals surface area contributed by atoms with Crippen LogP contribution in [0, 0.1) is 0 Å². The summed E-state index contributed by atoms with van der Waals surface area (Å²) in [5.41, 5.74) is 3.91. The molecule has 3 aromatic rings. The number of fused-ring (bicyclic) bond motifs is 1. The van der Waals surface area contributed by atoms with Gasteiger partial charge in [-0.25, -0.2) is 19.9 Å². The lowest BCUT2D eigenvalue weighted by Gasteiger charge is -2.28. The third-order valence-electron chi connectivity index (χ3n) is 4.17. The lowest BCUT2D eigenvalue weighted by Crippen LogP contribution is -2.31. The van der Waals surface area contributed by atoms with Crippen molar-refractivity contribution in [1.82, 2.24) is 29.8 Å². The SMILES string of the molecule is Clc1cncc(Cl)c1CN1CCc2nc(-c3cncnc3)ncc2C1. The van der Waals surface area contributed by atoms with E-state index < -0.39 is 0 Å². The van der Waals surface area contributed by atoms with Gasteiger partial charge in [0, 0.05) is 68.2 Å². The molecule has 0 bridgehead atoms. The summed E-state index contributed by atoms with van der Waals surface area (Å²) in [5.74, 6) is 0.660. The van der Waals surface area contributed by atoms with Gasteiger partial charge in [0.25, 0.3) is 0 Å². The average molecular weight is 373 g/mol. The second kappa shape index (κ2) is 7.00. The Morgan fingerprint density at radius 2 is 1.72 bits per heavy atom. The van der Waals surface area contributed by atoms with E-state index >= 15 is 0 Å². The fraction of sp³-hybridized carbons (Fsp3) is 0.235. The Hall–Kier alpha value is -2.15. The molecule has 126 valence electrons. The summed E-state index contributed by atoms with van der Waals surface area (Å²) in [6, 6.07) is 0. The number of rotatable bonds is 3. The van der Waals surface area contributed by atoms with Crippen LogP contribution in [0.15, 0.2) is 37.3 Å². The first kappa shape index (κ1) is 16.3. The van der Waals surface area contributed by atoms with Crippen molar-refractivity contribution in [3.8, 4) is 11.4 Å². The van der Waals surface area contributed by atoms with Crippen molar-refractivity contribution in [2.75, 3.05) is 6.54 Å². The highest BCUT2D eigenvalue weighted by molar-refractivity contribution is 6.35. The van der Waals surface area contributed by atoms with Crippen molar-refractivity contribution < 1.29 is 0 Å². The van der Waals surface area contributed by atoms with Crippen LogP contribution in [-0.4, -0.2) is 36.4 Å². The van der Waals surface area contributed by atoms with E-state index in [4.69, 9.17) is 23.2 Å². The van der Waals surface area contributed by atoms with Gasteiger partial charge in [0.2, 0.25) is 0 Å². The van der Waals surface area contributed by atoms with Crippen LogP contribution in [0.1, 0.15) is 16.8 Å². The maximum absolute atomic E-state index is 6.23. The zero-order chi connectivity index (χ0) is 17.2. The smallest absolute Gasteiger partial charge is 0.162 e. The van der Waals surface area contributed by atoms with Crippen LogP contribution in [0.4, 0.5) is 0 Å². The third-order valence-corrected chi connectivity index (χ3v) is 4.82. The molecule has 6 nitrogen and oxygen atoms in total. The van der Waals surface area contributed by atoms with Gasteiger partial charge in [-0.1, -0.05) is 23.2 Å². The van der Waals surface area contributed by atoms with Gasteiger partial charge in [0.15, 0.2) is 5.82 Å². The Morgan fingerprint density at radius 3 is 2.48 bits per heavy atom. The van der Waals surface area contributed by atoms with Crippen LogP contribution >= 0.6 is 23.2 Å². The summed E-state index contributed by atoms with van der Waals surface area (Å²) < 4.78 is 0. The number of pyridine rings is 1. The Labute approximate surface area is 154 Å². The topological polar surface area (TPSA) is 67.7 Å². The highest BCUT2D eigenvalue weighted by Gasteiger charge is 2.20. The number of halogens is 2. The zero-order valence-corrected chi connectivity index (χ0v) is 14.7. The molecule has 0 saturated heterocycles. The van der Waals surface area contributed by atoms with Gasteiger partial charge in [0.1, 0.15) is 6.33 Å². The summed E-state index contributed by atoms with van der Waals surface area (Å²) in [6.07, 6.45) is 10.9. The average Bonchev–Trinajstić information content (AvgIpc) is 2.65. The van der Waals surface area contributed by atoms with Gasteiger partial charge in [-0.2, -0.15) is 0 Å². The molecule has 25 heavy (non-hydrogen) atoms. The molecule has 4 rings (SSSR count). The van der Waals surface area contributed by atoms with Crippen LogP contribution in [0.2, 0.25) is 10.0 Å². The van der Waals surface area contributed by atoms with Gasteiger partial charge in [-0.15, -0.1) is 0 Å². The van der Waals surface area contributed by atoms with Gasteiger partial charge in [-0.05, 0) is 0 Å². The number of hydrogen-bond donors (Lipinski definition) is 0. The minimum atomic E-state index is 0.592. The number of hydrogen-bond acceptors (Lipinski definition) is 6. The van der Waals surface area contributed by atoms with E-state index in [9.17, 15) is 0 Å². The van der Waals surface area contributed by atoms with Crippen molar-refractivity contribution in [3.63, 3.8) is 0 Å². The fourth-order valence-corrected chi connectivity index (χ4v) is 3.36. The minimum absolute atomic E-state index is 0.592. The van der Waals surface area contributed by atoms with Crippen LogP contribution in [0.3, 0.4) is 0 Å². The molecule has 0 spiro atoms. The quantitative estimate of drug-likeness (QED) is 0.703. The fourth-order valence-electron chi connectivity index (χ4n) is 2.88. The molecule has 0 unspecified atom stereocenters. The minimum Gasteiger partial charge on any atom is -0.294 e. The molecule has 0 saturated carbocycles. The van der Waals surface area contributed by atoms with Gasteiger partial charge >= 0.3 is 0 Å². The molecule has 0 radical (unpaired) electrons. The molecule has 0 N–H and O–H groups in total. The van der Waals surface area contributed by atoms with Crippen molar-refractivity contribution in [2.24, 2.45) is 0 Å². The molecular formula is C17H14Cl2N6. The van der Waals surface area contributed by atoms with E-state index in [2.05, 4.69) is 29.8 Å². The van der Waals surface area contributed by atoms with Crippen molar-refractivity contribution in [1.29, 1.82) is 0 Å². The Bertz CT molecular complexity index is 883. The van der Waals surface area contributed by atoms with E-state index in [0.717, 1.165) is 41.9 Å². The molecule has 0 fully saturated rings. The first-order valence-electron chi connectivity index (χ1n) is 7.81. The molecule has 3 aromatic heterocycles. The van der Waals surface area contributed by atoms with Crippen molar-refractivity contribution >= 4 is 23.2 Å². The Morgan fingerprint density at radius 1 is 0.960 bits per heavy atom. The first-order valence-corrected chi connectivity index (χ1v) is 8.56. The summed E-state index contributed by atoms with van der Waals surface area (Å²) in [6.45, 7) is 2.31. The molecule has 0 aromatic carbocycles. The van der Waals surface area contributed by atoms with Gasteiger partial charge in [-0.3, -0.25) is 9.88 Å². The largest absolute Gasteiger partial charge is 0.294 e. The lowest BCUT2D eigenvalue weighted by atomic mass is 10.1. The second-order valence-electron chi connectivity index (χ2n) is 5.84. The normalized spacial score (nSPS) is 14.3. The number of nitrogens with zero attached hydrogens (tertiary/aromatic N) is 6. The van der Waals surface area contributed by atoms with E-state index in [0.29, 0.717) is 22.4 Å². The molecule has 0 amide bonds. The Kier molecular flexibility index (Phi) is 4.57. The first-order chi connectivity index (χ1) is 12.2. The van der Waals surface area contributed by atoms with E-state index in [1.54, 1.807) is 24.8 Å². The highest BCUT2D eigenvalue weighted by atomic mass is 35.5. The molecule has 0 aliphatic carbocycles. The molecular weight excluding hydrogens is 359 g/mol. The van der Waals surface area contributed by atoms with Crippen LogP contribution in [-0.2, 0) is 19.5 Å². The third kappa shape index (κ3) is 3.46. The van der Waals surface area contributed by atoms with Crippen molar-refractivity contribution in [3.05, 3.63) is 64.2 Å². The van der Waals surface area contributed by atoms with Crippen LogP contribution in [0.25, 0.3) is 11.4 Å². The standard InChI is InChI=1S/C17H14Cl2N6/c18-14-6-20-7-15(19)13(14)9-25-2-1-16-12(8-25)5-23-17(24-16)11-3-21-10-22-4-11/h3-7,10H,1-2,8-9H2. The lowest BCUT2D eigenvalue weighted by molar-refractivity contribution is 0.243. The van der Waals surface area contributed by atoms with E-state index in [-0.39, 0.29) is 0 Å². The second-order valence-corrected chi connectivity index (χ2v) is 6.65. The number of aromatic nitrogens is 5. The van der Waals surface area contributed by atoms with Crippen LogP contribution < -0.4 is 0 Å². The van der Waals surface area contributed by atoms with Gasteiger partial charge < -0.3 is 0 Å². The van der Waals surface area contributed by atoms with Gasteiger partial charge in [0.05, 0.1) is 21.3 Å². The van der Waals surface area contributed by atoms with E-state index in [1.165, 1.54) is 6.33 Å². The zero-order valence-electron chi connectivity index (χ0n) is 13.2. The maximum Gasteiger partial charge on any atom is 0.162 e. The predicted octanol–water partition coefficient (Wildman–Crippen LogP) is 3.19. The highest BCUT2D eigenvalue weighted by Crippen LogP contribution is 2.27. The molecule has 1 aliphatic heterocycles. The monoisotopic (exact) mass is 372 g/mol. The summed E-state index contributed by atoms with van der Waals surface area (Å²) >= 11 is 12.5. The molecule has 0 atom stereocenters. The molecule has 4 heterocycles. The Balaban J connectivity index is 1.54. The van der Waals surface area contributed by atoms with Crippen LogP contribution in [0.5, 0.6) is 0 Å².